The van der Waals surface area contributed by atoms with Gasteiger partial charge in [-0.25, -0.2) is 0 Å². The van der Waals surface area contributed by atoms with Crippen LogP contribution in [0.5, 0.6) is 0 Å². The zero-order valence-electron chi connectivity index (χ0n) is 13.2. The second-order valence-corrected chi connectivity index (χ2v) is 6.98. The fraction of sp³-hybridized carbons (Fsp3) is 1.00. The van der Waals surface area contributed by atoms with Crippen molar-refractivity contribution in [1.82, 2.24) is 5.32 Å². The van der Waals surface area contributed by atoms with Crippen molar-refractivity contribution in [2.24, 2.45) is 11.8 Å². The summed E-state index contributed by atoms with van der Waals surface area (Å²) in [6.45, 7) is 5.75. The third-order valence-corrected chi connectivity index (χ3v) is 5.53. The number of nitrogens with one attached hydrogen (secondary N) is 1. The zero-order chi connectivity index (χ0) is 13.7. The van der Waals surface area contributed by atoms with Crippen molar-refractivity contribution in [3.05, 3.63) is 0 Å². The van der Waals surface area contributed by atoms with E-state index in [4.69, 9.17) is 4.74 Å². The van der Waals surface area contributed by atoms with Crippen LogP contribution in [0.25, 0.3) is 0 Å². The summed E-state index contributed by atoms with van der Waals surface area (Å²) in [7, 11) is 2.07. The van der Waals surface area contributed by atoms with Crippen molar-refractivity contribution in [3.63, 3.8) is 0 Å². The first-order valence-electron chi connectivity index (χ1n) is 8.51. The van der Waals surface area contributed by atoms with Gasteiger partial charge in [0.1, 0.15) is 0 Å². The van der Waals surface area contributed by atoms with Crippen molar-refractivity contribution >= 4 is 0 Å². The van der Waals surface area contributed by atoms with Gasteiger partial charge in [0.05, 0.1) is 11.7 Å². The Balaban J connectivity index is 1.95. The maximum absolute atomic E-state index is 6.70. The molecule has 2 heteroatoms. The normalized spacial score (nSPS) is 40.3. The van der Waals surface area contributed by atoms with Crippen molar-refractivity contribution in [1.29, 1.82) is 0 Å². The second kappa shape index (κ2) is 7.08. The van der Waals surface area contributed by atoms with E-state index in [0.717, 1.165) is 18.4 Å². The second-order valence-electron chi connectivity index (χ2n) is 6.98. The van der Waals surface area contributed by atoms with Gasteiger partial charge in [-0.05, 0) is 57.4 Å². The summed E-state index contributed by atoms with van der Waals surface area (Å²) in [5.41, 5.74) is 0.136. The molecule has 0 amide bonds. The highest BCUT2D eigenvalue weighted by Gasteiger charge is 2.38. The molecule has 2 aliphatic rings. The van der Waals surface area contributed by atoms with Crippen LogP contribution >= 0.6 is 0 Å². The van der Waals surface area contributed by atoms with Gasteiger partial charge >= 0.3 is 0 Å². The van der Waals surface area contributed by atoms with Gasteiger partial charge in [-0.15, -0.1) is 0 Å². The number of hydrogen-bond acceptors (Lipinski definition) is 2. The van der Waals surface area contributed by atoms with Crippen molar-refractivity contribution in [3.8, 4) is 0 Å². The van der Waals surface area contributed by atoms with Crippen LogP contribution in [0.15, 0.2) is 0 Å². The van der Waals surface area contributed by atoms with E-state index < -0.39 is 0 Å². The van der Waals surface area contributed by atoms with E-state index >= 15 is 0 Å². The van der Waals surface area contributed by atoms with Crippen LogP contribution in [0.2, 0.25) is 0 Å². The van der Waals surface area contributed by atoms with E-state index in [1.54, 1.807) is 0 Å². The molecule has 2 unspecified atom stereocenters. The fourth-order valence-corrected chi connectivity index (χ4v) is 4.05. The van der Waals surface area contributed by atoms with Gasteiger partial charge in [0.15, 0.2) is 0 Å². The zero-order valence-corrected chi connectivity index (χ0v) is 13.2. The van der Waals surface area contributed by atoms with Crippen LogP contribution in [-0.4, -0.2) is 25.3 Å². The molecule has 0 aromatic carbocycles. The lowest BCUT2D eigenvalue weighted by Gasteiger charge is -2.44. The molecule has 112 valence electrons. The average molecular weight is 267 g/mol. The molecular formula is C17H33NO. The van der Waals surface area contributed by atoms with Gasteiger partial charge in [0.2, 0.25) is 0 Å². The molecule has 2 aliphatic carbocycles. The molecule has 0 aromatic heterocycles. The lowest BCUT2D eigenvalue weighted by atomic mass is 9.77. The molecule has 2 atom stereocenters. The summed E-state index contributed by atoms with van der Waals surface area (Å²) in [4.78, 5) is 0. The largest absolute Gasteiger partial charge is 0.370 e. The first kappa shape index (κ1) is 15.3. The molecule has 2 fully saturated rings. The molecule has 19 heavy (non-hydrogen) atoms. The van der Waals surface area contributed by atoms with Crippen LogP contribution in [0.1, 0.15) is 71.6 Å². The molecule has 0 radical (unpaired) electrons. The molecule has 2 nitrogen and oxygen atoms in total. The monoisotopic (exact) mass is 267 g/mol. The quantitative estimate of drug-likeness (QED) is 0.808. The minimum absolute atomic E-state index is 0.136. The number of rotatable bonds is 5. The highest BCUT2D eigenvalue weighted by molar-refractivity contribution is 4.91. The number of likely N-dealkylation sites (N-methyl/N-ethyl adjacent to an activating group) is 1. The highest BCUT2D eigenvalue weighted by Crippen LogP contribution is 2.39. The molecular weight excluding hydrogens is 234 g/mol. The van der Waals surface area contributed by atoms with Gasteiger partial charge in [0.25, 0.3) is 0 Å². The molecule has 0 aromatic rings. The lowest BCUT2D eigenvalue weighted by molar-refractivity contribution is -0.142. The summed E-state index contributed by atoms with van der Waals surface area (Å²) >= 11 is 0. The van der Waals surface area contributed by atoms with Crippen molar-refractivity contribution < 1.29 is 4.74 Å². The SMILES string of the molecule is CCC1CCC(CNC)(OC2CCCCC2C)CC1. The Morgan fingerprint density at radius 2 is 1.79 bits per heavy atom. The maximum atomic E-state index is 6.70. The van der Waals surface area contributed by atoms with E-state index in [9.17, 15) is 0 Å². The van der Waals surface area contributed by atoms with Crippen molar-refractivity contribution in [2.75, 3.05) is 13.6 Å². The summed E-state index contributed by atoms with van der Waals surface area (Å²) < 4.78 is 6.70. The summed E-state index contributed by atoms with van der Waals surface area (Å²) in [5, 5.41) is 3.39. The maximum Gasteiger partial charge on any atom is 0.0810 e. The Kier molecular flexibility index (Phi) is 5.70. The molecule has 0 bridgehead atoms. The Hall–Kier alpha value is -0.0800. The van der Waals surface area contributed by atoms with E-state index in [2.05, 4.69) is 26.2 Å². The standard InChI is InChI=1S/C17H33NO/c1-4-15-9-11-17(12-10-15,13-18-3)19-16-8-6-5-7-14(16)2/h14-16,18H,4-13H2,1-3H3. The predicted octanol–water partition coefficient (Wildman–Crippen LogP) is 4.14. The minimum Gasteiger partial charge on any atom is -0.370 e. The molecule has 1 N–H and O–H groups in total. The van der Waals surface area contributed by atoms with Crippen molar-refractivity contribution in [2.45, 2.75) is 83.3 Å². The predicted molar refractivity (Wildman–Crippen MR) is 81.4 cm³/mol. The first-order chi connectivity index (χ1) is 9.19. The minimum atomic E-state index is 0.136. The van der Waals surface area contributed by atoms with Crippen LogP contribution < -0.4 is 5.32 Å². The summed E-state index contributed by atoms with van der Waals surface area (Å²) in [6, 6.07) is 0. The van der Waals surface area contributed by atoms with E-state index in [1.807, 2.05) is 0 Å². The van der Waals surface area contributed by atoms with Crippen LogP contribution in [-0.2, 0) is 4.74 Å². The third-order valence-electron chi connectivity index (χ3n) is 5.53. The van der Waals surface area contributed by atoms with Crippen LogP contribution in [0.3, 0.4) is 0 Å². The van der Waals surface area contributed by atoms with Gasteiger partial charge in [-0.2, -0.15) is 0 Å². The van der Waals surface area contributed by atoms with E-state index in [0.29, 0.717) is 6.10 Å². The smallest absolute Gasteiger partial charge is 0.0810 e. The molecule has 0 aliphatic heterocycles. The van der Waals surface area contributed by atoms with E-state index in [1.165, 1.54) is 57.8 Å². The molecule has 0 saturated heterocycles. The topological polar surface area (TPSA) is 21.3 Å². The number of hydrogen-bond donors (Lipinski definition) is 1. The Bertz CT molecular complexity index is 258. The number of ether oxygens (including phenoxy) is 1. The first-order valence-corrected chi connectivity index (χ1v) is 8.51. The Morgan fingerprint density at radius 3 is 2.37 bits per heavy atom. The van der Waals surface area contributed by atoms with Gasteiger partial charge in [-0.3, -0.25) is 0 Å². The Morgan fingerprint density at radius 1 is 1.11 bits per heavy atom. The summed E-state index contributed by atoms with van der Waals surface area (Å²) in [6.07, 6.45) is 12.5. The van der Waals surface area contributed by atoms with Crippen LogP contribution in [0, 0.1) is 11.8 Å². The van der Waals surface area contributed by atoms with Gasteiger partial charge in [-0.1, -0.05) is 33.1 Å². The van der Waals surface area contributed by atoms with Gasteiger partial charge in [0, 0.05) is 6.54 Å². The lowest BCUT2D eigenvalue weighted by Crippen LogP contribution is -2.48. The van der Waals surface area contributed by atoms with E-state index in [-0.39, 0.29) is 5.60 Å². The molecule has 0 heterocycles. The molecule has 2 saturated carbocycles. The highest BCUT2D eigenvalue weighted by atomic mass is 16.5. The molecule has 0 spiro atoms. The Labute approximate surface area is 119 Å². The molecule has 2 rings (SSSR count). The fourth-order valence-electron chi connectivity index (χ4n) is 4.05. The third kappa shape index (κ3) is 3.95. The average Bonchev–Trinajstić information content (AvgIpc) is 2.43. The summed E-state index contributed by atoms with van der Waals surface area (Å²) in [5.74, 6) is 1.70. The van der Waals surface area contributed by atoms with Gasteiger partial charge < -0.3 is 10.1 Å². The van der Waals surface area contributed by atoms with Crippen LogP contribution in [0.4, 0.5) is 0 Å².